The van der Waals surface area contributed by atoms with Gasteiger partial charge >= 0.3 is 0 Å². The second-order valence-corrected chi connectivity index (χ2v) is 7.20. The number of nitriles is 1. The van der Waals surface area contributed by atoms with E-state index in [0.29, 0.717) is 29.4 Å². The molecule has 1 heterocycles. The lowest BCUT2D eigenvalue weighted by Gasteiger charge is -2.27. The normalized spacial score (nSPS) is 14.8. The van der Waals surface area contributed by atoms with E-state index in [1.165, 1.54) is 24.3 Å². The summed E-state index contributed by atoms with van der Waals surface area (Å²) in [5, 5.41) is 19.5. The van der Waals surface area contributed by atoms with Gasteiger partial charge in [-0.05, 0) is 48.4 Å². The number of nitrogens with zero attached hydrogens (tertiary/aromatic N) is 1. The minimum atomic E-state index is -0.491. The molecule has 0 spiro atoms. The molecule has 0 saturated carbocycles. The molecule has 0 saturated heterocycles. The maximum atomic E-state index is 13.1. The number of nitrogens with two attached hydrogens (primary N) is 1. The van der Waals surface area contributed by atoms with E-state index in [9.17, 15) is 14.8 Å². The number of phenolic OH excluding ortho intramolecular Hbond substituents is 1. The SMILES string of the molecule is CCOc1cc([C@@H]2C(C#N)=C(N)Oc3cc(O)ccc32)ccc1OCc1ccc(F)cc1. The molecule has 1 aliphatic heterocycles. The maximum Gasteiger partial charge on any atom is 0.205 e. The highest BCUT2D eigenvalue weighted by molar-refractivity contribution is 5.58. The zero-order valence-electron chi connectivity index (χ0n) is 17.3. The van der Waals surface area contributed by atoms with Gasteiger partial charge in [-0.2, -0.15) is 5.26 Å². The molecule has 0 fully saturated rings. The Labute approximate surface area is 184 Å². The highest BCUT2D eigenvalue weighted by Gasteiger charge is 2.31. The van der Waals surface area contributed by atoms with E-state index in [1.807, 2.05) is 13.0 Å². The average molecular weight is 432 g/mol. The number of fused-ring (bicyclic) bond motifs is 1. The second kappa shape index (κ2) is 8.90. The Balaban J connectivity index is 1.70. The van der Waals surface area contributed by atoms with Crippen LogP contribution in [0.4, 0.5) is 4.39 Å². The minimum Gasteiger partial charge on any atom is -0.508 e. The van der Waals surface area contributed by atoms with Crippen LogP contribution in [0.5, 0.6) is 23.0 Å². The molecular formula is C25H21FN2O4. The van der Waals surface area contributed by atoms with Crippen LogP contribution in [0.1, 0.15) is 29.5 Å². The van der Waals surface area contributed by atoms with Gasteiger partial charge in [-0.1, -0.05) is 24.3 Å². The third-order valence-corrected chi connectivity index (χ3v) is 5.11. The fourth-order valence-electron chi connectivity index (χ4n) is 3.62. The number of ether oxygens (including phenoxy) is 3. The number of hydrogen-bond donors (Lipinski definition) is 2. The molecule has 32 heavy (non-hydrogen) atoms. The lowest BCUT2D eigenvalue weighted by atomic mass is 9.83. The molecule has 3 aromatic carbocycles. The summed E-state index contributed by atoms with van der Waals surface area (Å²) in [6.45, 7) is 2.52. The summed E-state index contributed by atoms with van der Waals surface area (Å²) in [4.78, 5) is 0. The van der Waals surface area contributed by atoms with Gasteiger partial charge in [0.05, 0.1) is 12.5 Å². The zero-order valence-corrected chi connectivity index (χ0v) is 17.3. The van der Waals surface area contributed by atoms with E-state index >= 15 is 0 Å². The summed E-state index contributed by atoms with van der Waals surface area (Å²) in [6.07, 6.45) is 0. The number of hydrogen-bond acceptors (Lipinski definition) is 6. The lowest BCUT2D eigenvalue weighted by Crippen LogP contribution is -2.21. The highest BCUT2D eigenvalue weighted by Crippen LogP contribution is 2.45. The number of benzene rings is 3. The largest absolute Gasteiger partial charge is 0.508 e. The molecule has 4 rings (SSSR count). The Morgan fingerprint density at radius 2 is 1.84 bits per heavy atom. The molecule has 1 aliphatic rings. The van der Waals surface area contributed by atoms with Crippen molar-refractivity contribution >= 4 is 0 Å². The first-order valence-electron chi connectivity index (χ1n) is 10.0. The van der Waals surface area contributed by atoms with Crippen LogP contribution in [0.3, 0.4) is 0 Å². The van der Waals surface area contributed by atoms with Gasteiger partial charge in [0.1, 0.15) is 35.6 Å². The molecule has 0 aliphatic carbocycles. The van der Waals surface area contributed by atoms with Crippen molar-refractivity contribution in [3.63, 3.8) is 0 Å². The molecule has 0 radical (unpaired) electrons. The number of halogens is 1. The molecule has 1 atom stereocenters. The fraction of sp³-hybridized carbons (Fsp3) is 0.160. The van der Waals surface area contributed by atoms with Crippen molar-refractivity contribution in [3.05, 3.63) is 94.6 Å². The van der Waals surface area contributed by atoms with E-state index in [1.54, 1.807) is 30.3 Å². The van der Waals surface area contributed by atoms with E-state index < -0.39 is 5.92 Å². The van der Waals surface area contributed by atoms with Crippen LogP contribution in [0.15, 0.2) is 72.1 Å². The predicted octanol–water partition coefficient (Wildman–Crippen LogP) is 4.73. The minimum absolute atomic E-state index is 0.00908. The molecule has 0 amide bonds. The van der Waals surface area contributed by atoms with Crippen molar-refractivity contribution in [2.45, 2.75) is 19.4 Å². The Morgan fingerprint density at radius 1 is 1.06 bits per heavy atom. The van der Waals surface area contributed by atoms with Gasteiger partial charge in [0, 0.05) is 11.6 Å². The average Bonchev–Trinajstić information content (AvgIpc) is 2.78. The first-order chi connectivity index (χ1) is 15.5. The van der Waals surface area contributed by atoms with Gasteiger partial charge in [-0.3, -0.25) is 0 Å². The Morgan fingerprint density at radius 3 is 2.56 bits per heavy atom. The van der Waals surface area contributed by atoms with Gasteiger partial charge in [0.2, 0.25) is 5.88 Å². The van der Waals surface area contributed by atoms with Crippen molar-refractivity contribution < 1.29 is 23.7 Å². The highest BCUT2D eigenvalue weighted by atomic mass is 19.1. The van der Waals surface area contributed by atoms with Crippen LogP contribution in [0.25, 0.3) is 0 Å². The summed E-state index contributed by atoms with van der Waals surface area (Å²) in [7, 11) is 0. The summed E-state index contributed by atoms with van der Waals surface area (Å²) in [5.74, 6) is 0.651. The van der Waals surface area contributed by atoms with Gasteiger partial charge in [0.15, 0.2) is 11.5 Å². The summed E-state index contributed by atoms with van der Waals surface area (Å²) in [6, 6.07) is 18.3. The number of aromatic hydroxyl groups is 1. The number of allylic oxidation sites excluding steroid dienone is 1. The maximum absolute atomic E-state index is 13.1. The van der Waals surface area contributed by atoms with E-state index in [-0.39, 0.29) is 29.6 Å². The van der Waals surface area contributed by atoms with Gasteiger partial charge in [-0.15, -0.1) is 0 Å². The zero-order chi connectivity index (χ0) is 22.7. The molecule has 3 aromatic rings. The molecule has 7 heteroatoms. The van der Waals surface area contributed by atoms with Crippen molar-refractivity contribution in [3.8, 4) is 29.1 Å². The Bertz CT molecular complexity index is 1220. The Hall–Kier alpha value is -4.18. The molecule has 162 valence electrons. The fourth-order valence-corrected chi connectivity index (χ4v) is 3.62. The van der Waals surface area contributed by atoms with Crippen LogP contribution in [-0.2, 0) is 6.61 Å². The van der Waals surface area contributed by atoms with E-state index in [0.717, 1.165) is 11.1 Å². The number of rotatable bonds is 6. The molecule has 3 N–H and O–H groups in total. The van der Waals surface area contributed by atoms with E-state index in [4.69, 9.17) is 19.9 Å². The number of phenols is 1. The monoisotopic (exact) mass is 432 g/mol. The summed E-state index contributed by atoms with van der Waals surface area (Å²) < 4.78 is 30.4. The smallest absolute Gasteiger partial charge is 0.205 e. The van der Waals surface area contributed by atoms with Crippen LogP contribution < -0.4 is 19.9 Å². The van der Waals surface area contributed by atoms with Crippen molar-refractivity contribution in [2.24, 2.45) is 5.73 Å². The molecule has 6 nitrogen and oxygen atoms in total. The van der Waals surface area contributed by atoms with Gasteiger partial charge in [0.25, 0.3) is 0 Å². The standard InChI is InChI=1S/C25H21FN2O4/c1-2-30-23-11-16(5-10-21(23)31-14-15-3-6-17(26)7-4-15)24-19-9-8-18(29)12-22(19)32-25(28)20(24)13-27/h3-12,24,29H,2,14,28H2,1H3/t24-/m0/s1. The molecule has 0 bridgehead atoms. The third-order valence-electron chi connectivity index (χ3n) is 5.11. The summed E-state index contributed by atoms with van der Waals surface area (Å²) >= 11 is 0. The van der Waals surface area contributed by atoms with Crippen LogP contribution >= 0.6 is 0 Å². The first kappa shape index (κ1) is 21.1. The lowest BCUT2D eigenvalue weighted by molar-refractivity contribution is 0.269. The van der Waals surface area contributed by atoms with Crippen molar-refractivity contribution in [2.75, 3.05) is 6.61 Å². The van der Waals surface area contributed by atoms with Gasteiger partial charge < -0.3 is 25.1 Å². The topological polar surface area (TPSA) is 97.7 Å². The first-order valence-corrected chi connectivity index (χ1v) is 10.0. The summed E-state index contributed by atoms with van der Waals surface area (Å²) in [5.41, 5.74) is 8.56. The third kappa shape index (κ3) is 4.16. The van der Waals surface area contributed by atoms with Crippen LogP contribution in [0.2, 0.25) is 0 Å². The molecule has 0 unspecified atom stereocenters. The molecular weight excluding hydrogens is 411 g/mol. The predicted molar refractivity (Wildman–Crippen MR) is 116 cm³/mol. The van der Waals surface area contributed by atoms with Crippen molar-refractivity contribution in [1.82, 2.24) is 0 Å². The van der Waals surface area contributed by atoms with Crippen molar-refractivity contribution in [1.29, 1.82) is 5.26 Å². The second-order valence-electron chi connectivity index (χ2n) is 7.20. The quantitative estimate of drug-likeness (QED) is 0.585. The van der Waals surface area contributed by atoms with Crippen LogP contribution in [0, 0.1) is 17.1 Å². The Kier molecular flexibility index (Phi) is 5.86. The van der Waals surface area contributed by atoms with Crippen LogP contribution in [-0.4, -0.2) is 11.7 Å². The molecule has 0 aromatic heterocycles. The van der Waals surface area contributed by atoms with Gasteiger partial charge in [-0.25, -0.2) is 4.39 Å². The van der Waals surface area contributed by atoms with E-state index in [2.05, 4.69) is 6.07 Å².